The lowest BCUT2D eigenvalue weighted by molar-refractivity contribution is -0.127. The first kappa shape index (κ1) is 20.5. The van der Waals surface area contributed by atoms with Gasteiger partial charge in [-0.25, -0.2) is 13.6 Å². The van der Waals surface area contributed by atoms with Crippen LogP contribution in [0.5, 0.6) is 0 Å². The average Bonchev–Trinajstić information content (AvgIpc) is 2.46. The summed E-state index contributed by atoms with van der Waals surface area (Å²) in [5.41, 5.74) is -1.15. The monoisotopic (exact) mass is 356 g/mol. The van der Waals surface area contributed by atoms with Gasteiger partial charge in [0.25, 0.3) is 0 Å². The lowest BCUT2D eigenvalue weighted by Gasteiger charge is -2.20. The van der Waals surface area contributed by atoms with E-state index in [0.717, 1.165) is 13.2 Å². The topological polar surface area (TPSA) is 84.5 Å². The third kappa shape index (κ3) is 6.13. The lowest BCUT2D eigenvalue weighted by Crippen LogP contribution is -2.42. The number of anilines is 1. The van der Waals surface area contributed by atoms with Crippen LogP contribution in [-0.4, -0.2) is 30.9 Å². The van der Waals surface area contributed by atoms with Crippen LogP contribution in [0.1, 0.15) is 44.5 Å². The number of methoxy groups -OCH3 is 1. The first-order chi connectivity index (χ1) is 11.4. The zero-order valence-electron chi connectivity index (χ0n) is 14.8. The quantitative estimate of drug-likeness (QED) is 0.795. The van der Waals surface area contributed by atoms with E-state index >= 15 is 0 Å². The molecule has 0 fully saturated rings. The third-order valence-electron chi connectivity index (χ3n) is 3.18. The van der Waals surface area contributed by atoms with Crippen LogP contribution >= 0.6 is 0 Å². The molecule has 8 heteroatoms. The first-order valence-electron chi connectivity index (χ1n) is 7.62. The van der Waals surface area contributed by atoms with Crippen molar-refractivity contribution in [2.45, 2.75) is 40.2 Å². The molecule has 0 aliphatic rings. The molecule has 0 saturated heterocycles. The fourth-order valence-corrected chi connectivity index (χ4v) is 1.99. The highest BCUT2D eigenvalue weighted by molar-refractivity contribution is 5.98. The molecule has 1 aromatic carbocycles. The minimum Gasteiger partial charge on any atom is -0.465 e. The summed E-state index contributed by atoms with van der Waals surface area (Å²) in [7, 11) is 1.05. The number of halogens is 2. The molecule has 138 valence electrons. The molecule has 0 radical (unpaired) electrons. The minimum atomic E-state index is -1.10. The molecular weight excluding hydrogens is 334 g/mol. The maximum absolute atomic E-state index is 13.8. The largest absolute Gasteiger partial charge is 0.465 e. The van der Waals surface area contributed by atoms with E-state index in [1.807, 2.05) is 20.8 Å². The van der Waals surface area contributed by atoms with Gasteiger partial charge < -0.3 is 15.4 Å². The predicted octanol–water partition coefficient (Wildman–Crippen LogP) is 2.63. The number of amides is 2. The van der Waals surface area contributed by atoms with Crippen molar-refractivity contribution in [3.8, 4) is 0 Å². The van der Waals surface area contributed by atoms with E-state index in [1.54, 1.807) is 0 Å². The Bertz CT molecular complexity index is 684. The first-order valence-corrected chi connectivity index (χ1v) is 7.62. The van der Waals surface area contributed by atoms with Gasteiger partial charge in [-0.2, -0.15) is 0 Å². The van der Waals surface area contributed by atoms with E-state index in [0.29, 0.717) is 6.07 Å². The average molecular weight is 356 g/mol. The summed E-state index contributed by atoms with van der Waals surface area (Å²) in [6.45, 7) is 7.05. The van der Waals surface area contributed by atoms with Crippen molar-refractivity contribution in [3.05, 3.63) is 29.3 Å². The van der Waals surface area contributed by atoms with Crippen LogP contribution < -0.4 is 10.6 Å². The van der Waals surface area contributed by atoms with Crippen molar-refractivity contribution < 1.29 is 27.9 Å². The van der Waals surface area contributed by atoms with E-state index in [4.69, 9.17) is 0 Å². The van der Waals surface area contributed by atoms with Gasteiger partial charge in [0.1, 0.15) is 17.7 Å². The highest BCUT2D eigenvalue weighted by Gasteiger charge is 2.22. The number of nitrogens with one attached hydrogen (secondary N) is 2. The summed E-state index contributed by atoms with van der Waals surface area (Å²) < 4.78 is 31.8. The molecule has 1 atom stereocenters. The van der Waals surface area contributed by atoms with Crippen LogP contribution in [0.4, 0.5) is 14.5 Å². The van der Waals surface area contributed by atoms with Gasteiger partial charge in [-0.3, -0.25) is 9.59 Å². The normalized spacial score (nSPS) is 12.3. The van der Waals surface area contributed by atoms with Gasteiger partial charge in [0.05, 0.1) is 18.4 Å². The second-order valence-corrected chi connectivity index (χ2v) is 6.82. The van der Waals surface area contributed by atoms with Gasteiger partial charge in [-0.15, -0.1) is 0 Å². The van der Waals surface area contributed by atoms with E-state index in [9.17, 15) is 23.2 Å². The second kappa shape index (κ2) is 8.04. The van der Waals surface area contributed by atoms with Crippen LogP contribution in [0, 0.1) is 17.0 Å². The molecule has 0 bridgehead atoms. The van der Waals surface area contributed by atoms with Crippen molar-refractivity contribution in [2.24, 2.45) is 5.41 Å². The maximum atomic E-state index is 13.8. The number of benzene rings is 1. The third-order valence-corrected chi connectivity index (χ3v) is 3.18. The van der Waals surface area contributed by atoms with Crippen molar-refractivity contribution in [1.82, 2.24) is 5.32 Å². The highest BCUT2D eigenvalue weighted by Crippen LogP contribution is 2.21. The molecular formula is C17H22F2N2O4. The van der Waals surface area contributed by atoms with Crippen LogP contribution in [0.15, 0.2) is 12.1 Å². The summed E-state index contributed by atoms with van der Waals surface area (Å²) >= 11 is 0. The fourth-order valence-electron chi connectivity index (χ4n) is 1.99. The number of hydrogen-bond acceptors (Lipinski definition) is 4. The van der Waals surface area contributed by atoms with Gasteiger partial charge in [0.2, 0.25) is 11.8 Å². The molecule has 0 heterocycles. The number of hydrogen-bond donors (Lipinski definition) is 2. The Labute approximate surface area is 144 Å². The standard InChI is InChI=1S/C17H22F2N2O4/c1-9(20-14(22)8-17(2,3)4)15(23)21-13-6-10(16(24)25-5)11(18)7-12(13)19/h6-7,9H,8H2,1-5H3,(H,20,22)(H,21,23)/t9-/m0/s1. The number of carbonyl (C=O) groups is 3. The van der Waals surface area contributed by atoms with Crippen LogP contribution in [0.25, 0.3) is 0 Å². The summed E-state index contributed by atoms with van der Waals surface area (Å²) in [4.78, 5) is 35.4. The Kier molecular flexibility index (Phi) is 6.61. The summed E-state index contributed by atoms with van der Waals surface area (Å²) in [6, 6.07) is 0.379. The number of ether oxygens (including phenoxy) is 1. The molecule has 2 amide bonds. The Morgan fingerprint density at radius 3 is 2.28 bits per heavy atom. The van der Waals surface area contributed by atoms with Crippen molar-refractivity contribution in [3.63, 3.8) is 0 Å². The Hall–Kier alpha value is -2.51. The van der Waals surface area contributed by atoms with E-state index in [-0.39, 0.29) is 23.4 Å². The van der Waals surface area contributed by atoms with Crippen molar-refractivity contribution >= 4 is 23.5 Å². The second-order valence-electron chi connectivity index (χ2n) is 6.82. The Morgan fingerprint density at radius 1 is 1.16 bits per heavy atom. The smallest absolute Gasteiger partial charge is 0.340 e. The number of rotatable bonds is 5. The van der Waals surface area contributed by atoms with Gasteiger partial charge in [-0.05, 0) is 18.4 Å². The zero-order valence-corrected chi connectivity index (χ0v) is 14.8. The summed E-state index contributed by atoms with van der Waals surface area (Å²) in [5, 5.41) is 4.72. The number of carbonyl (C=O) groups excluding carboxylic acids is 3. The Balaban J connectivity index is 2.86. The van der Waals surface area contributed by atoms with Gasteiger partial charge in [0, 0.05) is 12.5 Å². The molecule has 0 aliphatic heterocycles. The van der Waals surface area contributed by atoms with E-state index in [1.165, 1.54) is 6.92 Å². The molecule has 0 saturated carbocycles. The van der Waals surface area contributed by atoms with E-state index in [2.05, 4.69) is 15.4 Å². The van der Waals surface area contributed by atoms with Crippen LogP contribution in [0.2, 0.25) is 0 Å². The van der Waals surface area contributed by atoms with Gasteiger partial charge in [-0.1, -0.05) is 20.8 Å². The maximum Gasteiger partial charge on any atom is 0.340 e. The van der Waals surface area contributed by atoms with Gasteiger partial charge in [0.15, 0.2) is 0 Å². The highest BCUT2D eigenvalue weighted by atomic mass is 19.1. The molecule has 6 nitrogen and oxygen atoms in total. The SMILES string of the molecule is COC(=O)c1cc(NC(=O)[C@H](C)NC(=O)CC(C)(C)C)c(F)cc1F. The van der Waals surface area contributed by atoms with Crippen LogP contribution in [0.3, 0.4) is 0 Å². The molecule has 0 aliphatic carbocycles. The molecule has 1 rings (SSSR count). The summed E-state index contributed by atoms with van der Waals surface area (Å²) in [6.07, 6.45) is 0.210. The molecule has 25 heavy (non-hydrogen) atoms. The predicted molar refractivity (Wildman–Crippen MR) is 88.0 cm³/mol. The van der Waals surface area contributed by atoms with Crippen molar-refractivity contribution in [2.75, 3.05) is 12.4 Å². The van der Waals surface area contributed by atoms with Gasteiger partial charge >= 0.3 is 5.97 Å². The number of esters is 1. The molecule has 2 N–H and O–H groups in total. The van der Waals surface area contributed by atoms with Crippen LogP contribution in [-0.2, 0) is 14.3 Å². The zero-order chi connectivity index (χ0) is 19.4. The molecule has 1 aromatic rings. The molecule has 0 unspecified atom stereocenters. The fraction of sp³-hybridized carbons (Fsp3) is 0.471. The van der Waals surface area contributed by atoms with Crippen molar-refractivity contribution in [1.29, 1.82) is 0 Å². The lowest BCUT2D eigenvalue weighted by atomic mass is 9.92. The Morgan fingerprint density at radius 2 is 1.76 bits per heavy atom. The van der Waals surface area contributed by atoms with E-state index < -0.39 is 35.1 Å². The summed E-state index contributed by atoms with van der Waals surface area (Å²) in [5.74, 6) is -4.19. The molecule has 0 spiro atoms. The molecule has 0 aromatic heterocycles. The minimum absolute atomic E-state index is 0.210.